The SMILES string of the molecule is C[C@H]1NC[C@H](C(=O)Nc2ccc([N+](=O)[O-])cc2)O1. The van der Waals surface area contributed by atoms with E-state index in [2.05, 4.69) is 10.6 Å². The molecule has 0 aromatic heterocycles. The summed E-state index contributed by atoms with van der Waals surface area (Å²) in [5, 5.41) is 16.1. The molecular formula is C11H13N3O4. The van der Waals surface area contributed by atoms with Gasteiger partial charge >= 0.3 is 0 Å². The molecule has 1 aromatic carbocycles. The molecule has 96 valence electrons. The highest BCUT2D eigenvalue weighted by molar-refractivity contribution is 5.94. The van der Waals surface area contributed by atoms with Crippen molar-refractivity contribution in [1.82, 2.24) is 5.32 Å². The Kier molecular flexibility index (Phi) is 3.54. The third-order valence-corrected chi connectivity index (χ3v) is 2.60. The number of nitro benzene ring substituents is 1. The second-order valence-corrected chi connectivity index (χ2v) is 3.97. The summed E-state index contributed by atoms with van der Waals surface area (Å²) in [5.74, 6) is -0.263. The number of nitrogens with one attached hydrogen (secondary N) is 2. The van der Waals surface area contributed by atoms with E-state index >= 15 is 0 Å². The molecule has 7 nitrogen and oxygen atoms in total. The largest absolute Gasteiger partial charge is 0.349 e. The first-order chi connectivity index (χ1) is 8.56. The summed E-state index contributed by atoms with van der Waals surface area (Å²) in [6.07, 6.45) is -0.673. The first-order valence-electron chi connectivity index (χ1n) is 5.50. The molecule has 1 fully saturated rings. The maximum atomic E-state index is 11.8. The first kappa shape index (κ1) is 12.5. The van der Waals surface area contributed by atoms with Crippen molar-refractivity contribution in [3.8, 4) is 0 Å². The Morgan fingerprint density at radius 3 is 2.67 bits per heavy atom. The molecule has 2 rings (SSSR count). The van der Waals surface area contributed by atoms with Gasteiger partial charge in [-0.05, 0) is 19.1 Å². The standard InChI is InChI=1S/C11H13N3O4/c1-7-12-6-10(18-7)11(15)13-8-2-4-9(5-3-8)14(16)17/h2-5,7,10,12H,6H2,1H3,(H,13,15)/t7-,10+/m0/s1. The van der Waals surface area contributed by atoms with Gasteiger partial charge in [-0.15, -0.1) is 0 Å². The highest BCUT2D eigenvalue weighted by Crippen LogP contribution is 2.16. The van der Waals surface area contributed by atoms with Gasteiger partial charge in [-0.3, -0.25) is 20.2 Å². The van der Waals surface area contributed by atoms with E-state index in [1.807, 2.05) is 6.92 Å². The molecule has 2 N–H and O–H groups in total. The zero-order valence-corrected chi connectivity index (χ0v) is 9.75. The second kappa shape index (κ2) is 5.11. The van der Waals surface area contributed by atoms with Gasteiger partial charge in [-0.1, -0.05) is 0 Å². The Bertz CT molecular complexity index is 460. The topological polar surface area (TPSA) is 93.5 Å². The van der Waals surface area contributed by atoms with Crippen molar-refractivity contribution in [2.45, 2.75) is 19.3 Å². The molecule has 0 unspecified atom stereocenters. The number of amides is 1. The van der Waals surface area contributed by atoms with Crippen LogP contribution in [0.2, 0.25) is 0 Å². The fourth-order valence-electron chi connectivity index (χ4n) is 1.66. The minimum Gasteiger partial charge on any atom is -0.349 e. The van der Waals surface area contributed by atoms with Crippen LogP contribution >= 0.6 is 0 Å². The van der Waals surface area contributed by atoms with E-state index < -0.39 is 11.0 Å². The summed E-state index contributed by atoms with van der Waals surface area (Å²) < 4.78 is 5.33. The van der Waals surface area contributed by atoms with E-state index in [0.29, 0.717) is 12.2 Å². The van der Waals surface area contributed by atoms with Crippen LogP contribution in [0.5, 0.6) is 0 Å². The van der Waals surface area contributed by atoms with Gasteiger partial charge in [0.25, 0.3) is 11.6 Å². The Balaban J connectivity index is 1.97. The van der Waals surface area contributed by atoms with Gasteiger partial charge in [0.05, 0.1) is 4.92 Å². The molecule has 18 heavy (non-hydrogen) atoms. The molecule has 0 bridgehead atoms. The van der Waals surface area contributed by atoms with Gasteiger partial charge in [-0.2, -0.15) is 0 Å². The minimum atomic E-state index is -0.532. The summed E-state index contributed by atoms with van der Waals surface area (Å²) in [7, 11) is 0. The molecule has 2 atom stereocenters. The lowest BCUT2D eigenvalue weighted by molar-refractivity contribution is -0.384. The molecular weight excluding hydrogens is 238 g/mol. The zero-order chi connectivity index (χ0) is 13.1. The highest BCUT2D eigenvalue weighted by Gasteiger charge is 2.27. The number of hydrogen-bond donors (Lipinski definition) is 2. The van der Waals surface area contributed by atoms with Gasteiger partial charge < -0.3 is 10.1 Å². The summed E-state index contributed by atoms with van der Waals surface area (Å²) in [4.78, 5) is 21.7. The number of anilines is 1. The number of benzene rings is 1. The lowest BCUT2D eigenvalue weighted by Crippen LogP contribution is -2.30. The van der Waals surface area contributed by atoms with Crippen molar-refractivity contribution in [2.75, 3.05) is 11.9 Å². The Morgan fingerprint density at radius 2 is 2.17 bits per heavy atom. The van der Waals surface area contributed by atoms with E-state index in [9.17, 15) is 14.9 Å². The average molecular weight is 251 g/mol. The highest BCUT2D eigenvalue weighted by atomic mass is 16.6. The number of nitrogens with zero attached hydrogens (tertiary/aromatic N) is 1. The monoisotopic (exact) mass is 251 g/mol. The van der Waals surface area contributed by atoms with Crippen LogP contribution in [0.15, 0.2) is 24.3 Å². The lowest BCUT2D eigenvalue weighted by atomic mass is 10.2. The van der Waals surface area contributed by atoms with Crippen molar-refractivity contribution in [1.29, 1.82) is 0 Å². The predicted molar refractivity (Wildman–Crippen MR) is 64.1 cm³/mol. The van der Waals surface area contributed by atoms with E-state index in [4.69, 9.17) is 4.74 Å². The molecule has 0 radical (unpaired) electrons. The predicted octanol–water partition coefficient (Wildman–Crippen LogP) is 0.868. The van der Waals surface area contributed by atoms with Gasteiger partial charge in [0, 0.05) is 24.4 Å². The van der Waals surface area contributed by atoms with Crippen LogP contribution in [0.1, 0.15) is 6.92 Å². The Morgan fingerprint density at radius 1 is 1.50 bits per heavy atom. The molecule has 1 heterocycles. The number of nitro groups is 1. The Hall–Kier alpha value is -1.99. The van der Waals surface area contributed by atoms with Crippen LogP contribution < -0.4 is 10.6 Å². The van der Waals surface area contributed by atoms with Crippen molar-refractivity contribution >= 4 is 17.3 Å². The normalized spacial score (nSPS) is 22.7. The molecule has 1 saturated heterocycles. The van der Waals surface area contributed by atoms with Gasteiger partial charge in [0.2, 0.25) is 0 Å². The molecule has 1 aromatic rings. The Labute approximate surface area is 103 Å². The quantitative estimate of drug-likeness (QED) is 0.614. The van der Waals surface area contributed by atoms with E-state index in [1.165, 1.54) is 24.3 Å². The van der Waals surface area contributed by atoms with Gasteiger partial charge in [0.15, 0.2) is 6.10 Å². The van der Waals surface area contributed by atoms with Crippen molar-refractivity contribution in [3.05, 3.63) is 34.4 Å². The fourth-order valence-corrected chi connectivity index (χ4v) is 1.66. The van der Waals surface area contributed by atoms with Gasteiger partial charge in [0.1, 0.15) is 6.23 Å². The van der Waals surface area contributed by atoms with Crippen molar-refractivity contribution in [2.24, 2.45) is 0 Å². The number of non-ortho nitro benzene ring substituents is 1. The maximum Gasteiger partial charge on any atom is 0.269 e. The second-order valence-electron chi connectivity index (χ2n) is 3.97. The van der Waals surface area contributed by atoms with Crippen molar-refractivity contribution < 1.29 is 14.5 Å². The summed E-state index contributed by atoms with van der Waals surface area (Å²) in [5.41, 5.74) is 0.495. The fraction of sp³-hybridized carbons (Fsp3) is 0.364. The summed E-state index contributed by atoms with van der Waals surface area (Å²) >= 11 is 0. The van der Waals surface area contributed by atoms with Crippen LogP contribution in [-0.2, 0) is 9.53 Å². The van der Waals surface area contributed by atoms with Crippen LogP contribution in [0.4, 0.5) is 11.4 Å². The zero-order valence-electron chi connectivity index (χ0n) is 9.75. The molecule has 0 spiro atoms. The van der Waals surface area contributed by atoms with Crippen LogP contribution in [0.3, 0.4) is 0 Å². The molecule has 1 aliphatic heterocycles. The van der Waals surface area contributed by atoms with Crippen LogP contribution in [-0.4, -0.2) is 29.7 Å². The number of carbonyl (C=O) groups excluding carboxylic acids is 1. The molecule has 0 aliphatic carbocycles. The van der Waals surface area contributed by atoms with Crippen molar-refractivity contribution in [3.63, 3.8) is 0 Å². The van der Waals surface area contributed by atoms with E-state index in [-0.39, 0.29) is 17.8 Å². The molecule has 0 saturated carbocycles. The van der Waals surface area contributed by atoms with Crippen LogP contribution in [0.25, 0.3) is 0 Å². The van der Waals surface area contributed by atoms with E-state index in [0.717, 1.165) is 0 Å². The molecule has 1 amide bonds. The smallest absolute Gasteiger partial charge is 0.269 e. The average Bonchev–Trinajstić information content (AvgIpc) is 2.76. The summed E-state index contributed by atoms with van der Waals surface area (Å²) in [6, 6.07) is 5.65. The number of ether oxygens (including phenoxy) is 1. The maximum absolute atomic E-state index is 11.8. The minimum absolute atomic E-state index is 0.0135. The van der Waals surface area contributed by atoms with Crippen LogP contribution in [0, 0.1) is 10.1 Å². The number of carbonyl (C=O) groups is 1. The number of rotatable bonds is 3. The molecule has 7 heteroatoms. The summed E-state index contributed by atoms with van der Waals surface area (Å²) in [6.45, 7) is 2.28. The van der Waals surface area contributed by atoms with E-state index in [1.54, 1.807) is 0 Å². The molecule has 1 aliphatic rings. The third-order valence-electron chi connectivity index (χ3n) is 2.60. The first-order valence-corrected chi connectivity index (χ1v) is 5.50. The van der Waals surface area contributed by atoms with Gasteiger partial charge in [-0.25, -0.2) is 0 Å². The number of hydrogen-bond acceptors (Lipinski definition) is 5. The lowest BCUT2D eigenvalue weighted by Gasteiger charge is -2.10. The third kappa shape index (κ3) is 2.82.